The molecule has 1 aromatic heterocycles. The molecule has 3 rings (SSSR count). The summed E-state index contributed by atoms with van der Waals surface area (Å²) in [6.07, 6.45) is 3.18. The van der Waals surface area contributed by atoms with E-state index in [-0.39, 0.29) is 11.3 Å². The Balaban J connectivity index is 2.06. The predicted molar refractivity (Wildman–Crippen MR) is 80.1 cm³/mol. The fourth-order valence-corrected chi connectivity index (χ4v) is 4.00. The highest BCUT2D eigenvalue weighted by Gasteiger charge is 2.33. The van der Waals surface area contributed by atoms with Gasteiger partial charge in [0.15, 0.2) is 0 Å². The van der Waals surface area contributed by atoms with E-state index < -0.39 is 0 Å². The summed E-state index contributed by atoms with van der Waals surface area (Å²) in [5.74, 6) is 0.873. The number of thioether (sulfide) groups is 1. The van der Waals surface area contributed by atoms with Crippen LogP contribution in [0.15, 0.2) is 30.5 Å². The van der Waals surface area contributed by atoms with Crippen molar-refractivity contribution in [2.75, 3.05) is 12.3 Å². The number of fused-ring (bicyclic) bond motifs is 1. The molecule has 1 unspecified atom stereocenters. The standard InChI is InChI=1S/C15H18N2OS/c1-3-8-17-14(18)10-19-15(17)12-9-16(2)13-7-5-4-6-11(12)13/h4-7,9,15H,3,8,10H2,1-2H3. The Bertz CT molecular complexity index is 620. The average molecular weight is 274 g/mol. The predicted octanol–water partition coefficient (Wildman–Crippen LogP) is 3.16. The maximum absolute atomic E-state index is 12.0. The van der Waals surface area contributed by atoms with Crippen LogP contribution in [-0.4, -0.2) is 27.7 Å². The number of nitrogens with zero attached hydrogens (tertiary/aromatic N) is 2. The Labute approximate surface area is 117 Å². The summed E-state index contributed by atoms with van der Waals surface area (Å²) in [7, 11) is 2.07. The number of amides is 1. The fourth-order valence-electron chi connectivity index (χ4n) is 2.76. The summed E-state index contributed by atoms with van der Waals surface area (Å²) in [4.78, 5) is 14.0. The minimum Gasteiger partial charge on any atom is -0.350 e. The summed E-state index contributed by atoms with van der Waals surface area (Å²) >= 11 is 1.74. The van der Waals surface area contributed by atoms with Crippen molar-refractivity contribution in [1.82, 2.24) is 9.47 Å². The summed E-state index contributed by atoms with van der Waals surface area (Å²) in [6, 6.07) is 8.41. The number of aromatic nitrogens is 1. The van der Waals surface area contributed by atoms with E-state index in [1.165, 1.54) is 16.5 Å². The van der Waals surface area contributed by atoms with Crippen molar-refractivity contribution in [1.29, 1.82) is 0 Å². The molecule has 1 aliphatic rings. The molecule has 0 spiro atoms. The Hall–Kier alpha value is -1.42. The van der Waals surface area contributed by atoms with E-state index in [0.29, 0.717) is 5.75 Å². The molecule has 0 saturated carbocycles. The zero-order valence-corrected chi connectivity index (χ0v) is 12.1. The van der Waals surface area contributed by atoms with E-state index in [9.17, 15) is 4.79 Å². The Morgan fingerprint density at radius 1 is 1.37 bits per heavy atom. The van der Waals surface area contributed by atoms with Gasteiger partial charge in [-0.2, -0.15) is 0 Å². The molecule has 1 atom stereocenters. The van der Waals surface area contributed by atoms with Gasteiger partial charge in [-0.25, -0.2) is 0 Å². The van der Waals surface area contributed by atoms with Crippen molar-refractivity contribution >= 4 is 28.6 Å². The first kappa shape index (κ1) is 12.6. The van der Waals surface area contributed by atoms with Gasteiger partial charge in [0.2, 0.25) is 5.91 Å². The molecule has 2 aromatic rings. The third-order valence-electron chi connectivity index (χ3n) is 3.63. The van der Waals surface area contributed by atoms with E-state index in [0.717, 1.165) is 13.0 Å². The molecule has 100 valence electrons. The van der Waals surface area contributed by atoms with Gasteiger partial charge in [-0.3, -0.25) is 4.79 Å². The van der Waals surface area contributed by atoms with Gasteiger partial charge in [0.05, 0.1) is 5.75 Å². The van der Waals surface area contributed by atoms with Crippen LogP contribution >= 0.6 is 11.8 Å². The summed E-state index contributed by atoms with van der Waals surface area (Å²) in [5.41, 5.74) is 2.50. The molecule has 19 heavy (non-hydrogen) atoms. The van der Waals surface area contributed by atoms with Gasteiger partial charge in [0.1, 0.15) is 5.37 Å². The molecule has 1 fully saturated rings. The number of carbonyl (C=O) groups is 1. The first-order valence-electron chi connectivity index (χ1n) is 6.67. The van der Waals surface area contributed by atoms with Gasteiger partial charge in [-0.1, -0.05) is 25.1 Å². The molecule has 1 aromatic carbocycles. The quantitative estimate of drug-likeness (QED) is 0.859. The lowest BCUT2D eigenvalue weighted by Crippen LogP contribution is -2.28. The molecule has 0 aliphatic carbocycles. The lowest BCUT2D eigenvalue weighted by molar-refractivity contribution is -0.128. The topological polar surface area (TPSA) is 25.2 Å². The average Bonchev–Trinajstić information content (AvgIpc) is 2.93. The van der Waals surface area contributed by atoms with Crippen LogP contribution in [0.25, 0.3) is 10.9 Å². The lowest BCUT2D eigenvalue weighted by Gasteiger charge is -2.23. The van der Waals surface area contributed by atoms with E-state index in [2.05, 4.69) is 49.0 Å². The second-order valence-electron chi connectivity index (χ2n) is 4.96. The van der Waals surface area contributed by atoms with Gasteiger partial charge in [-0.15, -0.1) is 11.8 Å². The number of para-hydroxylation sites is 1. The number of benzene rings is 1. The number of aryl methyl sites for hydroxylation is 1. The molecule has 0 radical (unpaired) electrons. The SMILES string of the molecule is CCCN1C(=O)CSC1c1cn(C)c2ccccc12. The second-order valence-corrected chi connectivity index (χ2v) is 6.03. The van der Waals surface area contributed by atoms with Crippen molar-refractivity contribution in [2.24, 2.45) is 7.05 Å². The van der Waals surface area contributed by atoms with E-state index in [4.69, 9.17) is 0 Å². The van der Waals surface area contributed by atoms with Crippen molar-refractivity contribution in [3.05, 3.63) is 36.0 Å². The maximum Gasteiger partial charge on any atom is 0.233 e. The molecule has 2 heterocycles. The molecular formula is C15H18N2OS. The van der Waals surface area contributed by atoms with Crippen LogP contribution in [-0.2, 0) is 11.8 Å². The van der Waals surface area contributed by atoms with Crippen molar-refractivity contribution in [2.45, 2.75) is 18.7 Å². The molecule has 1 amide bonds. The zero-order valence-electron chi connectivity index (χ0n) is 11.3. The van der Waals surface area contributed by atoms with Gasteiger partial charge in [0.25, 0.3) is 0 Å². The zero-order chi connectivity index (χ0) is 13.4. The Morgan fingerprint density at radius 3 is 2.95 bits per heavy atom. The van der Waals surface area contributed by atoms with Crippen LogP contribution in [0.5, 0.6) is 0 Å². The Morgan fingerprint density at radius 2 is 2.16 bits per heavy atom. The summed E-state index contributed by atoms with van der Waals surface area (Å²) in [6.45, 7) is 2.97. The molecule has 4 heteroatoms. The van der Waals surface area contributed by atoms with E-state index in [1.54, 1.807) is 11.8 Å². The third kappa shape index (κ3) is 2.04. The van der Waals surface area contributed by atoms with E-state index >= 15 is 0 Å². The molecule has 3 nitrogen and oxygen atoms in total. The van der Waals surface area contributed by atoms with Gasteiger partial charge < -0.3 is 9.47 Å². The molecule has 1 saturated heterocycles. The summed E-state index contributed by atoms with van der Waals surface area (Å²) in [5, 5.41) is 1.44. The normalized spacial score (nSPS) is 19.6. The van der Waals surface area contributed by atoms with E-state index in [1.807, 2.05) is 4.90 Å². The minimum absolute atomic E-state index is 0.179. The highest BCUT2D eigenvalue weighted by molar-refractivity contribution is 8.00. The van der Waals surface area contributed by atoms with Crippen LogP contribution in [0.1, 0.15) is 24.3 Å². The monoisotopic (exact) mass is 274 g/mol. The van der Waals surface area contributed by atoms with Gasteiger partial charge in [0, 0.05) is 36.3 Å². The highest BCUT2D eigenvalue weighted by Crippen LogP contribution is 2.41. The molecule has 1 aliphatic heterocycles. The molecular weight excluding hydrogens is 256 g/mol. The second kappa shape index (κ2) is 4.93. The van der Waals surface area contributed by atoms with Crippen LogP contribution in [0.4, 0.5) is 0 Å². The van der Waals surface area contributed by atoms with Crippen LogP contribution < -0.4 is 0 Å². The smallest absolute Gasteiger partial charge is 0.233 e. The third-order valence-corrected chi connectivity index (χ3v) is 4.86. The fraction of sp³-hybridized carbons (Fsp3) is 0.400. The largest absolute Gasteiger partial charge is 0.350 e. The number of hydrogen-bond acceptors (Lipinski definition) is 2. The summed E-state index contributed by atoms with van der Waals surface area (Å²) < 4.78 is 2.15. The number of carbonyl (C=O) groups excluding carboxylic acids is 1. The first-order chi connectivity index (χ1) is 9.22. The highest BCUT2D eigenvalue weighted by atomic mass is 32.2. The number of hydrogen-bond donors (Lipinski definition) is 0. The number of rotatable bonds is 3. The van der Waals surface area contributed by atoms with Crippen LogP contribution in [0, 0.1) is 0 Å². The lowest BCUT2D eigenvalue weighted by atomic mass is 10.1. The Kier molecular flexibility index (Phi) is 3.27. The molecule has 0 N–H and O–H groups in total. The van der Waals surface area contributed by atoms with Crippen LogP contribution in [0.3, 0.4) is 0 Å². The maximum atomic E-state index is 12.0. The van der Waals surface area contributed by atoms with Gasteiger partial charge >= 0.3 is 0 Å². The molecule has 0 bridgehead atoms. The first-order valence-corrected chi connectivity index (χ1v) is 7.72. The van der Waals surface area contributed by atoms with Crippen LogP contribution in [0.2, 0.25) is 0 Å². The van der Waals surface area contributed by atoms with Crippen molar-refractivity contribution in [3.63, 3.8) is 0 Å². The minimum atomic E-state index is 0.179. The van der Waals surface area contributed by atoms with Crippen molar-refractivity contribution in [3.8, 4) is 0 Å². The van der Waals surface area contributed by atoms with Crippen molar-refractivity contribution < 1.29 is 4.79 Å². The van der Waals surface area contributed by atoms with Gasteiger partial charge in [-0.05, 0) is 12.5 Å².